The van der Waals surface area contributed by atoms with Gasteiger partial charge in [-0.25, -0.2) is 14.8 Å². The molecule has 0 aromatic carbocycles. The smallest absolute Gasteiger partial charge is 0.407 e. The highest BCUT2D eigenvalue weighted by molar-refractivity contribution is 5.91. The summed E-state index contributed by atoms with van der Waals surface area (Å²) in [6.45, 7) is 12.9. The van der Waals surface area contributed by atoms with Crippen molar-refractivity contribution >= 4 is 17.8 Å². The number of carbonyl (C=O) groups excluding carboxylic acids is 2. The van der Waals surface area contributed by atoms with Crippen LogP contribution in [0.1, 0.15) is 50.7 Å². The van der Waals surface area contributed by atoms with Crippen molar-refractivity contribution in [2.75, 3.05) is 25.0 Å². The van der Waals surface area contributed by atoms with E-state index in [1.165, 1.54) is 0 Å². The third kappa shape index (κ3) is 6.74. The van der Waals surface area contributed by atoms with Crippen LogP contribution in [0.15, 0.2) is 12.1 Å². The summed E-state index contributed by atoms with van der Waals surface area (Å²) in [5.41, 5.74) is 1.91. The van der Waals surface area contributed by atoms with Crippen molar-refractivity contribution in [3.05, 3.63) is 29.2 Å². The number of aryl methyl sites for hydroxylation is 3. The second-order valence-corrected chi connectivity index (χ2v) is 9.28. The van der Waals surface area contributed by atoms with Crippen LogP contribution >= 0.6 is 0 Å². The minimum absolute atomic E-state index is 0.0509. The van der Waals surface area contributed by atoms with Crippen LogP contribution < -0.4 is 10.6 Å². The highest BCUT2D eigenvalue weighted by Gasteiger charge is 2.25. The standard InChI is InChI=1S/C22H33N7O3/c1-14-11-15(2)24-20(23-14)29-18(12-16(3)27-29)26-19(30)13-28-9-7-17(8-10-28)25-21(31)32-22(4,5)6/h11-12,17H,7-10,13H2,1-6H3,(H,25,31)(H,26,30). The molecule has 2 N–H and O–H groups in total. The van der Waals surface area contributed by atoms with E-state index < -0.39 is 11.7 Å². The average molecular weight is 444 g/mol. The van der Waals surface area contributed by atoms with Crippen LogP contribution in [0.25, 0.3) is 5.95 Å². The highest BCUT2D eigenvalue weighted by Crippen LogP contribution is 2.16. The maximum absolute atomic E-state index is 12.7. The van der Waals surface area contributed by atoms with Crippen molar-refractivity contribution in [2.24, 2.45) is 0 Å². The summed E-state index contributed by atoms with van der Waals surface area (Å²) in [5, 5.41) is 10.3. The Labute approximate surface area is 188 Å². The molecule has 0 atom stereocenters. The maximum atomic E-state index is 12.7. The van der Waals surface area contributed by atoms with E-state index in [1.807, 2.05) is 47.6 Å². The topological polar surface area (TPSA) is 114 Å². The number of hydrogen-bond donors (Lipinski definition) is 2. The summed E-state index contributed by atoms with van der Waals surface area (Å²) in [5.74, 6) is 0.841. The minimum atomic E-state index is -0.518. The zero-order valence-corrected chi connectivity index (χ0v) is 19.7. The molecule has 174 valence electrons. The molecule has 0 unspecified atom stereocenters. The zero-order valence-electron chi connectivity index (χ0n) is 19.7. The molecule has 0 saturated carbocycles. The number of carbonyl (C=O) groups is 2. The van der Waals surface area contributed by atoms with E-state index in [1.54, 1.807) is 10.7 Å². The van der Waals surface area contributed by atoms with E-state index in [9.17, 15) is 9.59 Å². The second kappa shape index (κ2) is 9.64. The van der Waals surface area contributed by atoms with Gasteiger partial charge in [-0.3, -0.25) is 9.69 Å². The lowest BCUT2D eigenvalue weighted by atomic mass is 10.1. The Hall–Kier alpha value is -3.01. The molecule has 0 aliphatic carbocycles. The fraction of sp³-hybridized carbons (Fsp3) is 0.591. The number of nitrogens with one attached hydrogen (secondary N) is 2. The molecule has 3 rings (SSSR count). The van der Waals surface area contributed by atoms with Gasteiger partial charge in [-0.2, -0.15) is 9.78 Å². The predicted octanol–water partition coefficient (Wildman–Crippen LogP) is 2.52. The SMILES string of the molecule is Cc1cc(C)nc(-n2nc(C)cc2NC(=O)CN2CCC(NC(=O)OC(C)(C)C)CC2)n1. The Morgan fingerprint density at radius 2 is 1.69 bits per heavy atom. The average Bonchev–Trinajstić information content (AvgIpc) is 3.01. The number of ether oxygens (including phenoxy) is 1. The Bertz CT molecular complexity index is 952. The summed E-state index contributed by atoms with van der Waals surface area (Å²) >= 11 is 0. The van der Waals surface area contributed by atoms with E-state index in [0.29, 0.717) is 24.9 Å². The van der Waals surface area contributed by atoms with Crippen LogP contribution in [0, 0.1) is 20.8 Å². The number of nitrogens with zero attached hydrogens (tertiary/aromatic N) is 5. The van der Waals surface area contributed by atoms with Gasteiger partial charge in [0.25, 0.3) is 5.95 Å². The van der Waals surface area contributed by atoms with Crippen molar-refractivity contribution < 1.29 is 14.3 Å². The summed E-state index contributed by atoms with van der Waals surface area (Å²) < 4.78 is 6.88. The van der Waals surface area contributed by atoms with Crippen LogP contribution in [-0.2, 0) is 9.53 Å². The summed E-state index contributed by atoms with van der Waals surface area (Å²) in [6.07, 6.45) is 1.13. The van der Waals surface area contributed by atoms with Gasteiger partial charge in [-0.05, 0) is 60.5 Å². The highest BCUT2D eigenvalue weighted by atomic mass is 16.6. The van der Waals surface area contributed by atoms with E-state index in [4.69, 9.17) is 4.74 Å². The molecule has 1 aliphatic rings. The Morgan fingerprint density at radius 1 is 1.06 bits per heavy atom. The van der Waals surface area contributed by atoms with E-state index in [-0.39, 0.29) is 18.5 Å². The fourth-order valence-electron chi connectivity index (χ4n) is 3.64. The second-order valence-electron chi connectivity index (χ2n) is 9.28. The molecule has 10 nitrogen and oxygen atoms in total. The van der Waals surface area contributed by atoms with Gasteiger partial charge >= 0.3 is 6.09 Å². The molecular weight excluding hydrogens is 410 g/mol. The number of rotatable bonds is 5. The van der Waals surface area contributed by atoms with Gasteiger partial charge in [-0.15, -0.1) is 0 Å². The lowest BCUT2D eigenvalue weighted by Gasteiger charge is -2.32. The van der Waals surface area contributed by atoms with Crippen molar-refractivity contribution in [3.8, 4) is 5.95 Å². The summed E-state index contributed by atoms with van der Waals surface area (Å²) in [7, 11) is 0. The number of aromatic nitrogens is 4. The molecule has 10 heteroatoms. The maximum Gasteiger partial charge on any atom is 0.407 e. The number of amides is 2. The van der Waals surface area contributed by atoms with Gasteiger partial charge in [0.2, 0.25) is 5.91 Å². The van der Waals surface area contributed by atoms with Crippen LogP contribution in [-0.4, -0.2) is 67.9 Å². The van der Waals surface area contributed by atoms with Crippen LogP contribution in [0.5, 0.6) is 0 Å². The van der Waals surface area contributed by atoms with Crippen molar-refractivity contribution in [3.63, 3.8) is 0 Å². The Kier molecular flexibility index (Phi) is 7.12. The summed E-state index contributed by atoms with van der Waals surface area (Å²) in [6, 6.07) is 3.74. The molecule has 32 heavy (non-hydrogen) atoms. The van der Waals surface area contributed by atoms with E-state index >= 15 is 0 Å². The Morgan fingerprint density at radius 3 is 2.28 bits per heavy atom. The third-order valence-corrected chi connectivity index (χ3v) is 4.93. The largest absolute Gasteiger partial charge is 0.444 e. The van der Waals surface area contributed by atoms with Crippen LogP contribution in [0.4, 0.5) is 10.6 Å². The Balaban J connectivity index is 1.54. The van der Waals surface area contributed by atoms with Gasteiger partial charge in [0, 0.05) is 36.6 Å². The first kappa shape index (κ1) is 23.6. The fourth-order valence-corrected chi connectivity index (χ4v) is 3.64. The zero-order chi connectivity index (χ0) is 23.5. The van der Waals surface area contributed by atoms with E-state index in [2.05, 4.69) is 30.6 Å². The number of anilines is 1. The van der Waals surface area contributed by atoms with Gasteiger partial charge in [0.05, 0.1) is 12.2 Å². The molecule has 0 radical (unpaired) electrons. The molecule has 0 spiro atoms. The first-order valence-electron chi connectivity index (χ1n) is 10.9. The monoisotopic (exact) mass is 443 g/mol. The number of alkyl carbamates (subject to hydrolysis) is 1. The van der Waals surface area contributed by atoms with Gasteiger partial charge in [0.1, 0.15) is 11.4 Å². The molecule has 1 aliphatic heterocycles. The van der Waals surface area contributed by atoms with Crippen LogP contribution in [0.3, 0.4) is 0 Å². The molecule has 2 aromatic heterocycles. The lowest BCUT2D eigenvalue weighted by Crippen LogP contribution is -2.47. The van der Waals surface area contributed by atoms with Gasteiger partial charge in [-0.1, -0.05) is 0 Å². The molecule has 1 fully saturated rings. The van der Waals surface area contributed by atoms with Crippen LogP contribution in [0.2, 0.25) is 0 Å². The summed E-state index contributed by atoms with van der Waals surface area (Å²) in [4.78, 5) is 35.6. The lowest BCUT2D eigenvalue weighted by molar-refractivity contribution is -0.117. The third-order valence-electron chi connectivity index (χ3n) is 4.93. The molecular formula is C22H33N7O3. The minimum Gasteiger partial charge on any atom is -0.444 e. The molecule has 0 bridgehead atoms. The normalized spacial score (nSPS) is 15.4. The predicted molar refractivity (Wildman–Crippen MR) is 121 cm³/mol. The number of hydrogen-bond acceptors (Lipinski definition) is 7. The number of piperidine rings is 1. The number of likely N-dealkylation sites (tertiary alicyclic amines) is 1. The molecule has 2 aromatic rings. The van der Waals surface area contributed by atoms with Crippen molar-refractivity contribution in [1.82, 2.24) is 30.0 Å². The van der Waals surface area contributed by atoms with Gasteiger partial charge < -0.3 is 15.4 Å². The van der Waals surface area contributed by atoms with Crippen molar-refractivity contribution in [1.29, 1.82) is 0 Å². The molecule has 2 amide bonds. The first-order chi connectivity index (χ1) is 15.0. The molecule has 3 heterocycles. The van der Waals surface area contributed by atoms with Crippen molar-refractivity contribution in [2.45, 2.75) is 66.0 Å². The molecule has 1 saturated heterocycles. The first-order valence-corrected chi connectivity index (χ1v) is 10.9. The van der Waals surface area contributed by atoms with E-state index in [0.717, 1.165) is 29.9 Å². The quantitative estimate of drug-likeness (QED) is 0.730. The van der Waals surface area contributed by atoms with Gasteiger partial charge in [0.15, 0.2) is 0 Å².